The molecule has 1 aliphatic rings. The van der Waals surface area contributed by atoms with Crippen molar-refractivity contribution in [3.8, 4) is 0 Å². The number of rotatable bonds is 5. The summed E-state index contributed by atoms with van der Waals surface area (Å²) in [4.78, 5) is 22.0. The Kier molecular flexibility index (Phi) is 3.82. The second kappa shape index (κ2) is 5.58. The molecule has 1 rings (SSSR count). The molecule has 0 aromatic rings. The molecule has 1 saturated carbocycles. The van der Waals surface area contributed by atoms with Gasteiger partial charge in [-0.25, -0.2) is 9.59 Å². The lowest BCUT2D eigenvalue weighted by Crippen LogP contribution is -2.43. The van der Waals surface area contributed by atoms with Crippen molar-refractivity contribution in [2.24, 2.45) is 5.89 Å². The van der Waals surface area contributed by atoms with E-state index in [1.165, 1.54) is 0 Å². The lowest BCUT2D eigenvalue weighted by Gasteiger charge is -2.28. The van der Waals surface area contributed by atoms with E-state index in [4.69, 9.17) is 6.48 Å². The van der Waals surface area contributed by atoms with Gasteiger partial charge in [-0.2, -0.15) is 0 Å². The molecular formula is C10H17NO4. The number of alkyl carbamates (subject to hydrolysis) is 1. The maximum Gasteiger partial charge on any atom is 0.407 e. The predicted molar refractivity (Wildman–Crippen MR) is 53.5 cm³/mol. The quantitative estimate of drug-likeness (QED) is 0.727. The van der Waals surface area contributed by atoms with E-state index in [-0.39, 0.29) is 13.0 Å². The number of hydrogen-bond donors (Lipinski definition) is 2. The Balaban J connectivity index is 2.47. The lowest BCUT2D eigenvalue weighted by atomic mass is 9.81. The van der Waals surface area contributed by atoms with E-state index in [2.05, 4.69) is 10.1 Å². The van der Waals surface area contributed by atoms with E-state index in [1.54, 1.807) is 6.92 Å². The second-order valence-electron chi connectivity index (χ2n) is 3.56. The summed E-state index contributed by atoms with van der Waals surface area (Å²) in [7, 11) is 0. The third-order valence-corrected chi connectivity index (χ3v) is 2.42. The first-order chi connectivity index (χ1) is 7.47. The van der Waals surface area contributed by atoms with Crippen LogP contribution in [-0.2, 0) is 9.53 Å². The van der Waals surface area contributed by atoms with E-state index in [0.717, 1.165) is 6.42 Å². The Hall–Kier alpha value is -1.26. The number of carbonyl (C=O) groups excluding carboxylic acids is 1. The zero-order valence-electron chi connectivity index (χ0n) is 9.78. The van der Waals surface area contributed by atoms with Gasteiger partial charge in [0.2, 0.25) is 0 Å². The van der Waals surface area contributed by atoms with Gasteiger partial charge in [0.05, 0.1) is 6.61 Å². The highest BCUT2D eigenvalue weighted by atomic mass is 16.5. The molecule has 1 amide bonds. The topological polar surface area (TPSA) is 75.6 Å². The largest absolute Gasteiger partial charge is 0.480 e. The third-order valence-electron chi connectivity index (χ3n) is 2.42. The van der Waals surface area contributed by atoms with E-state index in [0.29, 0.717) is 12.8 Å². The van der Waals surface area contributed by atoms with Crippen LogP contribution < -0.4 is 5.32 Å². The van der Waals surface area contributed by atoms with E-state index in [9.17, 15) is 9.59 Å². The summed E-state index contributed by atoms with van der Waals surface area (Å²) in [5.41, 5.74) is 0. The van der Waals surface area contributed by atoms with Gasteiger partial charge in [-0.1, -0.05) is 19.3 Å². The summed E-state index contributed by atoms with van der Waals surface area (Å²) >= 11 is 0. The highest BCUT2D eigenvalue weighted by Crippen LogP contribution is 2.30. The first kappa shape index (κ1) is 10.3. The van der Waals surface area contributed by atoms with Crippen LogP contribution in [0.2, 0.25) is 0 Å². The van der Waals surface area contributed by atoms with Crippen LogP contribution in [0.4, 0.5) is 4.79 Å². The Labute approximate surface area is 90.2 Å². The Morgan fingerprint density at radius 1 is 1.67 bits per heavy atom. The van der Waals surface area contributed by atoms with Crippen molar-refractivity contribution in [2.75, 3.05) is 6.61 Å². The Bertz CT molecular complexity index is 278. The number of nitrogens with one attached hydrogen (secondary N) is 1. The number of aliphatic carboxylic acids is 1. The Morgan fingerprint density at radius 2 is 2.33 bits per heavy atom. The highest BCUT2D eigenvalue weighted by Gasteiger charge is 2.27. The summed E-state index contributed by atoms with van der Waals surface area (Å²) in [6.07, 6.45) is 1.75. The molecule has 0 aromatic heterocycles. The normalized spacial score (nSPS) is 20.7. The molecule has 1 atom stereocenters. The molecule has 2 N–H and O–H groups in total. The van der Waals surface area contributed by atoms with Crippen LogP contribution in [0.3, 0.4) is 0 Å². The second-order valence-corrected chi connectivity index (χ2v) is 3.56. The summed E-state index contributed by atoms with van der Waals surface area (Å²) in [5.74, 6) is -1.81. The zero-order valence-corrected chi connectivity index (χ0v) is 8.78. The fraction of sp³-hybridized carbons (Fsp3) is 0.800. The minimum Gasteiger partial charge on any atom is -0.480 e. The minimum atomic E-state index is -1.12. The van der Waals surface area contributed by atoms with Crippen LogP contribution in [0, 0.1) is 5.89 Å². The van der Waals surface area contributed by atoms with Crippen molar-refractivity contribution < 1.29 is 20.8 Å². The monoisotopic (exact) mass is 216 g/mol. The van der Waals surface area contributed by atoms with Gasteiger partial charge in [0.25, 0.3) is 0 Å². The predicted octanol–water partition coefficient (Wildman–Crippen LogP) is 1.38. The van der Waals surface area contributed by atoms with Gasteiger partial charge in [-0.3, -0.25) is 0 Å². The number of ether oxygens (including phenoxy) is 1. The van der Waals surface area contributed by atoms with Crippen molar-refractivity contribution >= 4 is 12.1 Å². The molecule has 0 unspecified atom stereocenters. The minimum absolute atomic E-state index is 0.140. The van der Waals surface area contributed by atoms with Crippen LogP contribution in [0.1, 0.15) is 34.0 Å². The molecular weight excluding hydrogens is 198 g/mol. The Morgan fingerprint density at radius 3 is 2.73 bits per heavy atom. The standard InChI is InChI=1S/C10H17NO4/c1-2-15-10(14)11-8(9(12)13)6-7-4-3-5-7/h7-8H,2-6H2,1H3,(H,11,14)(H,12,13)/t8-/m0/s1/i7D. The number of carboxylic acids is 1. The SMILES string of the molecule is [2H]C1(C[C@H](NC(=O)OCC)C(=O)O)CCC1. The van der Waals surface area contributed by atoms with Crippen LogP contribution in [0.15, 0.2) is 0 Å². The van der Waals surface area contributed by atoms with E-state index >= 15 is 0 Å². The van der Waals surface area contributed by atoms with E-state index < -0.39 is 24.0 Å². The van der Waals surface area contributed by atoms with Crippen LogP contribution in [0.5, 0.6) is 0 Å². The maximum absolute atomic E-state index is 11.1. The summed E-state index contributed by atoms with van der Waals surface area (Å²) < 4.78 is 12.5. The number of hydrogen-bond acceptors (Lipinski definition) is 3. The van der Waals surface area contributed by atoms with Crippen molar-refractivity contribution in [1.82, 2.24) is 5.32 Å². The van der Waals surface area contributed by atoms with Gasteiger partial charge in [-0.05, 0) is 19.2 Å². The molecule has 0 heterocycles. The van der Waals surface area contributed by atoms with Gasteiger partial charge in [-0.15, -0.1) is 0 Å². The van der Waals surface area contributed by atoms with Gasteiger partial charge < -0.3 is 15.2 Å². The zero-order chi connectivity index (χ0) is 12.2. The van der Waals surface area contributed by atoms with Crippen LogP contribution >= 0.6 is 0 Å². The van der Waals surface area contributed by atoms with Crippen molar-refractivity contribution in [2.45, 2.75) is 38.6 Å². The molecule has 0 saturated heterocycles. The molecule has 0 aromatic carbocycles. The van der Waals surface area contributed by atoms with Crippen LogP contribution in [0.25, 0.3) is 0 Å². The molecule has 5 heteroatoms. The fourth-order valence-corrected chi connectivity index (χ4v) is 1.43. The summed E-state index contributed by atoms with van der Waals surface area (Å²) in [6, 6.07) is -1.03. The highest BCUT2D eigenvalue weighted by molar-refractivity contribution is 5.79. The molecule has 86 valence electrons. The van der Waals surface area contributed by atoms with Crippen molar-refractivity contribution in [1.29, 1.82) is 0 Å². The van der Waals surface area contributed by atoms with Crippen LogP contribution in [-0.4, -0.2) is 29.8 Å². The molecule has 1 fully saturated rings. The molecule has 15 heavy (non-hydrogen) atoms. The smallest absolute Gasteiger partial charge is 0.407 e. The molecule has 0 bridgehead atoms. The van der Waals surface area contributed by atoms with E-state index in [1.807, 2.05) is 0 Å². The maximum atomic E-state index is 11.1. The number of amides is 1. The molecule has 0 radical (unpaired) electrons. The molecule has 0 aliphatic heterocycles. The first-order valence-electron chi connectivity index (χ1n) is 5.63. The molecule has 5 nitrogen and oxygen atoms in total. The van der Waals surface area contributed by atoms with Crippen molar-refractivity contribution in [3.05, 3.63) is 0 Å². The molecule has 0 spiro atoms. The fourth-order valence-electron chi connectivity index (χ4n) is 1.43. The van der Waals surface area contributed by atoms with Gasteiger partial charge in [0.15, 0.2) is 0 Å². The molecule has 1 aliphatic carbocycles. The van der Waals surface area contributed by atoms with Gasteiger partial charge in [0.1, 0.15) is 6.04 Å². The average molecular weight is 216 g/mol. The average Bonchev–Trinajstić information content (AvgIpc) is 2.14. The first-order valence-corrected chi connectivity index (χ1v) is 5.13. The van der Waals surface area contributed by atoms with Gasteiger partial charge >= 0.3 is 12.1 Å². The summed E-state index contributed by atoms with van der Waals surface area (Å²) in [6.45, 7) is 1.84. The lowest BCUT2D eigenvalue weighted by molar-refractivity contribution is -0.140. The van der Waals surface area contributed by atoms with Gasteiger partial charge in [0, 0.05) is 1.37 Å². The third kappa shape index (κ3) is 3.77. The van der Waals surface area contributed by atoms with Crippen molar-refractivity contribution in [3.63, 3.8) is 0 Å². The number of carbonyl (C=O) groups is 2. The number of carboxylic acid groups (broad SMARTS) is 1. The summed E-state index contributed by atoms with van der Waals surface area (Å²) in [5, 5.41) is 11.2.